The van der Waals surface area contributed by atoms with Crippen molar-refractivity contribution in [1.82, 2.24) is 52.2 Å². The van der Waals surface area contributed by atoms with E-state index in [2.05, 4.69) is 52.2 Å². The Morgan fingerprint density at radius 2 is 1.49 bits per heavy atom. The highest BCUT2D eigenvalue weighted by molar-refractivity contribution is 5.97. The van der Waals surface area contributed by atoms with E-state index >= 15 is 0 Å². The number of carbonyl (C=O) groups is 9. The molecule has 4 aromatic rings. The van der Waals surface area contributed by atoms with Crippen molar-refractivity contribution in [2.75, 3.05) is 13.1 Å². The van der Waals surface area contributed by atoms with Gasteiger partial charge in [0.05, 0.1) is 18.4 Å². The van der Waals surface area contributed by atoms with Gasteiger partial charge in [-0.05, 0) is 61.9 Å². The Morgan fingerprint density at radius 3 is 2.16 bits per heavy atom. The van der Waals surface area contributed by atoms with Crippen LogP contribution in [0.5, 0.6) is 0 Å². The molecule has 4 rings (SSSR count). The van der Waals surface area contributed by atoms with Gasteiger partial charge in [0.25, 0.3) is 5.91 Å². The fraction of sp³-hybridized carbons (Fsp3) is 0.400. The largest absolute Gasteiger partial charge is 0.370 e. The number of aromatic nitrogens is 3. The Balaban J connectivity index is 1.38. The van der Waals surface area contributed by atoms with E-state index in [1.807, 2.05) is 6.07 Å². The van der Waals surface area contributed by atoms with Crippen molar-refractivity contribution in [3.8, 4) is 6.07 Å². The number of carbonyl (C=O) groups excluding carboxylic acids is 9. The summed E-state index contributed by atoms with van der Waals surface area (Å²) in [5.74, 6) is -7.82. The zero-order valence-electron chi connectivity index (χ0n) is 37.7. The summed E-state index contributed by atoms with van der Waals surface area (Å²) in [7, 11) is 0. The van der Waals surface area contributed by atoms with Crippen molar-refractivity contribution in [1.29, 1.82) is 5.26 Å². The van der Waals surface area contributed by atoms with Gasteiger partial charge in [0.15, 0.2) is 0 Å². The second-order valence-corrected chi connectivity index (χ2v) is 16.3. The van der Waals surface area contributed by atoms with Crippen molar-refractivity contribution < 1.29 is 47.5 Å². The van der Waals surface area contributed by atoms with Gasteiger partial charge in [-0.3, -0.25) is 43.2 Å². The summed E-state index contributed by atoms with van der Waals surface area (Å²) in [6.45, 7) is 4.23. The van der Waals surface area contributed by atoms with Crippen LogP contribution in [0.1, 0.15) is 80.1 Å². The Labute approximate surface area is 390 Å². The highest BCUT2D eigenvalue weighted by Crippen LogP contribution is 2.20. The Hall–Kier alpha value is -8.16. The minimum atomic E-state index is -1.35. The molecule has 0 aliphatic rings. The summed E-state index contributed by atoms with van der Waals surface area (Å²) in [5.41, 5.74) is 12.5. The van der Waals surface area contributed by atoms with Crippen LogP contribution in [-0.4, -0.2) is 111 Å². The molecule has 0 spiro atoms. The number of imidazole rings is 1. The summed E-state index contributed by atoms with van der Waals surface area (Å²) < 4.78 is 13.7. The van der Waals surface area contributed by atoms with Crippen LogP contribution in [-0.2, 0) is 51.2 Å². The monoisotopic (exact) mass is 941 g/mol. The van der Waals surface area contributed by atoms with Crippen LogP contribution in [0, 0.1) is 23.1 Å². The van der Waals surface area contributed by atoms with Gasteiger partial charge in [0.2, 0.25) is 47.3 Å². The van der Waals surface area contributed by atoms with Gasteiger partial charge in [-0.25, -0.2) is 9.37 Å². The van der Waals surface area contributed by atoms with Gasteiger partial charge in [0, 0.05) is 66.8 Å². The molecule has 0 radical (unpaired) electrons. The number of H-pyrrole nitrogens is 2. The third-order valence-corrected chi connectivity index (χ3v) is 10.6. The second kappa shape index (κ2) is 25.5. The Bertz CT molecular complexity index is 2500. The van der Waals surface area contributed by atoms with Crippen LogP contribution in [0.3, 0.4) is 0 Å². The number of para-hydroxylation sites is 1. The molecule has 0 aliphatic heterocycles. The third-order valence-electron chi connectivity index (χ3n) is 10.6. The van der Waals surface area contributed by atoms with Gasteiger partial charge in [-0.2, -0.15) is 5.26 Å². The first-order valence-corrected chi connectivity index (χ1v) is 21.7. The number of amides is 9. The van der Waals surface area contributed by atoms with E-state index in [9.17, 15) is 47.5 Å². The van der Waals surface area contributed by atoms with E-state index in [0.717, 1.165) is 23.0 Å². The second-order valence-electron chi connectivity index (χ2n) is 16.3. The molecule has 362 valence electrons. The zero-order valence-corrected chi connectivity index (χ0v) is 37.7. The van der Waals surface area contributed by atoms with Gasteiger partial charge in [-0.1, -0.05) is 32.0 Å². The maximum Gasteiger partial charge on any atom is 0.251 e. The molecule has 5 atom stereocenters. The van der Waals surface area contributed by atoms with Crippen LogP contribution in [0.15, 0.2) is 61.2 Å². The van der Waals surface area contributed by atoms with E-state index in [1.165, 1.54) is 25.5 Å². The SMILES string of the molecule is CC(C)[C@H](NC(=O)[C@H](C)NC(=O)[C@H](Cc1c[nH]c2ccccc12)NC(=O)[C@H](CCC(N)=O)NC(=O)CCCCNC(=O)c1ccc(F)c(C#N)c1)C(=O)NCC(=O)N[C@@H](Cc1cnc[nH]1)C(N)=O. The average Bonchev–Trinajstić information content (AvgIpc) is 3.98. The summed E-state index contributed by atoms with van der Waals surface area (Å²) >= 11 is 0. The lowest BCUT2D eigenvalue weighted by Gasteiger charge is -2.26. The number of nitrogens with zero attached hydrogens (tertiary/aromatic N) is 2. The van der Waals surface area contributed by atoms with Gasteiger partial charge >= 0.3 is 0 Å². The first-order valence-electron chi connectivity index (χ1n) is 21.7. The molecule has 68 heavy (non-hydrogen) atoms. The van der Waals surface area contributed by atoms with Gasteiger partial charge in [0.1, 0.15) is 42.1 Å². The first-order chi connectivity index (χ1) is 32.4. The minimum Gasteiger partial charge on any atom is -0.370 e. The molecule has 22 nitrogen and oxygen atoms in total. The molecule has 0 bridgehead atoms. The number of primary amides is 2. The van der Waals surface area contributed by atoms with Crippen LogP contribution < -0.4 is 48.7 Å². The number of hydrogen-bond donors (Lipinski definition) is 11. The predicted molar refractivity (Wildman–Crippen MR) is 242 cm³/mol. The van der Waals surface area contributed by atoms with E-state index in [4.69, 9.17) is 16.7 Å². The lowest BCUT2D eigenvalue weighted by atomic mass is 10.0. The molecule has 0 saturated carbocycles. The van der Waals surface area contributed by atoms with Crippen LogP contribution >= 0.6 is 0 Å². The quantitative estimate of drug-likeness (QED) is 0.0348. The summed E-state index contributed by atoms with van der Waals surface area (Å²) in [6.07, 6.45) is 4.43. The standard InChI is InChI=1S/C45H56FN13O9/c1-24(2)39(45(68)53-22-38(62)57-34(40(49)63)18-29-21-50-23-54-29)59-41(64)25(3)55-44(67)35(17-28-20-52-32-9-5-4-8-30(28)32)58-43(66)33(13-14-36(48)60)56-37(61)10-6-7-15-51-42(65)26-11-12-31(46)27(16-26)19-47/h4-5,8-9,11-12,16,20-21,23-25,33-35,39,52H,6-7,10,13-15,17-18,22H2,1-3H3,(H2,48,60)(H2,49,63)(H,50,54)(H,51,65)(H,53,68)(H,55,67)(H,56,61)(H,57,62)(H,58,66)(H,59,64)/t25-,33-,34-,35-,39-/m0/s1. The number of benzene rings is 2. The van der Waals surface area contributed by atoms with Gasteiger partial charge < -0.3 is 58.7 Å². The Kier molecular flexibility index (Phi) is 19.7. The molecule has 0 unspecified atom stereocenters. The summed E-state index contributed by atoms with van der Waals surface area (Å²) in [5, 5.41) is 27.7. The van der Waals surface area contributed by atoms with E-state index in [0.29, 0.717) is 17.7 Å². The van der Waals surface area contributed by atoms with Crippen molar-refractivity contribution in [3.05, 3.63) is 89.4 Å². The number of hydrogen-bond acceptors (Lipinski definition) is 11. The third kappa shape index (κ3) is 16.1. The lowest BCUT2D eigenvalue weighted by molar-refractivity contribution is -0.135. The first kappa shape index (κ1) is 52.5. The van der Waals surface area contributed by atoms with E-state index < -0.39 is 102 Å². The van der Waals surface area contributed by atoms with E-state index in [-0.39, 0.29) is 56.2 Å². The lowest BCUT2D eigenvalue weighted by Crippen LogP contribution is -2.59. The van der Waals surface area contributed by atoms with Crippen molar-refractivity contribution in [2.45, 2.75) is 95.9 Å². The van der Waals surface area contributed by atoms with Crippen LogP contribution in [0.25, 0.3) is 10.9 Å². The Morgan fingerprint density at radius 1 is 0.765 bits per heavy atom. The van der Waals surface area contributed by atoms with Crippen LogP contribution in [0.2, 0.25) is 0 Å². The number of nitrogens with two attached hydrogens (primary N) is 2. The fourth-order valence-corrected chi connectivity index (χ4v) is 6.85. The van der Waals surface area contributed by atoms with E-state index in [1.54, 1.807) is 44.3 Å². The van der Waals surface area contributed by atoms with Gasteiger partial charge in [-0.15, -0.1) is 0 Å². The molecule has 0 fully saturated rings. The summed E-state index contributed by atoms with van der Waals surface area (Å²) in [6, 6.07) is 6.02. The number of fused-ring (bicyclic) bond motifs is 1. The average molecular weight is 942 g/mol. The molecule has 0 aliphatic carbocycles. The number of rotatable bonds is 26. The highest BCUT2D eigenvalue weighted by Gasteiger charge is 2.32. The minimum absolute atomic E-state index is 0.0314. The molecule has 2 aromatic carbocycles. The highest BCUT2D eigenvalue weighted by atomic mass is 19.1. The topological polar surface area (TPSA) is 358 Å². The number of nitrogens with one attached hydrogen (secondary N) is 9. The number of aromatic amines is 2. The zero-order chi connectivity index (χ0) is 49.9. The van der Waals surface area contributed by atoms with Crippen molar-refractivity contribution >= 4 is 64.1 Å². The van der Waals surface area contributed by atoms with Crippen molar-refractivity contribution in [2.24, 2.45) is 17.4 Å². The summed E-state index contributed by atoms with van der Waals surface area (Å²) in [4.78, 5) is 126. The number of halogens is 1. The number of unbranched alkanes of at least 4 members (excludes halogenated alkanes) is 1. The normalized spacial score (nSPS) is 13.1. The molecular weight excluding hydrogens is 886 g/mol. The van der Waals surface area contributed by atoms with Crippen LogP contribution in [0.4, 0.5) is 4.39 Å². The van der Waals surface area contributed by atoms with Crippen molar-refractivity contribution in [3.63, 3.8) is 0 Å². The molecule has 0 saturated heterocycles. The molecule has 2 aromatic heterocycles. The molecule has 23 heteroatoms. The number of nitriles is 1. The molecule has 2 heterocycles. The molecular formula is C45H56FN13O9. The molecule has 9 amide bonds. The molecule has 13 N–H and O–H groups in total. The smallest absolute Gasteiger partial charge is 0.251 e. The predicted octanol–water partition coefficient (Wildman–Crippen LogP) is -0.746. The maximum absolute atomic E-state index is 14.0. The fourth-order valence-electron chi connectivity index (χ4n) is 6.85. The maximum atomic E-state index is 14.0.